The van der Waals surface area contributed by atoms with E-state index in [1.807, 2.05) is 36.4 Å². The van der Waals surface area contributed by atoms with Gasteiger partial charge in [-0.2, -0.15) is 0 Å². The van der Waals surface area contributed by atoms with Crippen LogP contribution in [0.1, 0.15) is 41.7 Å². The predicted octanol–water partition coefficient (Wildman–Crippen LogP) is 3.81. The number of hydrogen-bond acceptors (Lipinski definition) is 7. The molecule has 0 bridgehead atoms. The summed E-state index contributed by atoms with van der Waals surface area (Å²) in [5, 5.41) is 7.59. The summed E-state index contributed by atoms with van der Waals surface area (Å²) in [6.45, 7) is 1.49. The molecule has 1 aliphatic rings. The van der Waals surface area contributed by atoms with E-state index in [4.69, 9.17) is 0 Å². The van der Waals surface area contributed by atoms with Gasteiger partial charge in [-0.25, -0.2) is 19.4 Å². The summed E-state index contributed by atoms with van der Waals surface area (Å²) in [6.07, 6.45) is 6.61. The fourth-order valence-corrected chi connectivity index (χ4v) is 3.07. The third-order valence-corrected chi connectivity index (χ3v) is 4.73. The number of anilines is 2. The van der Waals surface area contributed by atoms with E-state index in [0.29, 0.717) is 28.9 Å². The molecule has 8 nitrogen and oxygen atoms in total. The molecule has 1 N–H and O–H groups in total. The molecule has 8 heteroatoms. The molecular formula is C22H21N5O3. The van der Waals surface area contributed by atoms with Crippen LogP contribution < -0.4 is 5.32 Å². The highest BCUT2D eigenvalue weighted by Crippen LogP contribution is 2.41. The van der Waals surface area contributed by atoms with Crippen molar-refractivity contribution in [3.8, 4) is 11.4 Å². The largest absolute Gasteiger partial charge is 0.466 e. The van der Waals surface area contributed by atoms with Gasteiger partial charge >= 0.3 is 5.97 Å². The van der Waals surface area contributed by atoms with Gasteiger partial charge in [-0.3, -0.25) is 4.79 Å². The van der Waals surface area contributed by atoms with Gasteiger partial charge in [0.2, 0.25) is 5.91 Å². The highest BCUT2D eigenvalue weighted by Gasteiger charge is 2.29. The first-order valence-corrected chi connectivity index (χ1v) is 9.61. The summed E-state index contributed by atoms with van der Waals surface area (Å²) in [4.78, 5) is 32.5. The Hall–Kier alpha value is -3.81. The van der Waals surface area contributed by atoms with Crippen molar-refractivity contribution in [2.24, 2.45) is 0 Å². The first-order valence-electron chi connectivity index (χ1n) is 9.61. The number of carbonyl (C=O) groups is 2. The van der Waals surface area contributed by atoms with E-state index in [1.54, 1.807) is 12.3 Å². The van der Waals surface area contributed by atoms with Crippen molar-refractivity contribution in [2.45, 2.75) is 25.7 Å². The fraction of sp³-hybridized carbons (Fsp3) is 0.227. The van der Waals surface area contributed by atoms with E-state index in [0.717, 1.165) is 24.1 Å². The number of esters is 1. The third kappa shape index (κ3) is 4.27. The number of nitrogens with one attached hydrogen (secondary N) is 1. The molecule has 30 heavy (non-hydrogen) atoms. The van der Waals surface area contributed by atoms with Crippen LogP contribution in [0.25, 0.3) is 17.5 Å². The fourth-order valence-electron chi connectivity index (χ4n) is 3.07. The lowest BCUT2D eigenvalue weighted by Gasteiger charge is -2.08. The number of ether oxygens (including phenoxy) is 1. The zero-order valence-electron chi connectivity index (χ0n) is 16.7. The zero-order chi connectivity index (χ0) is 21.1. The average Bonchev–Trinajstić information content (AvgIpc) is 3.52. The van der Waals surface area contributed by atoms with Crippen LogP contribution in [0.3, 0.4) is 0 Å². The van der Waals surface area contributed by atoms with Gasteiger partial charge in [0.05, 0.1) is 12.8 Å². The first kappa shape index (κ1) is 19.5. The normalized spacial score (nSPS) is 13.4. The molecule has 0 aliphatic heterocycles. The molecule has 0 unspecified atom stereocenters. The Bertz CT molecular complexity index is 1120. The zero-order valence-corrected chi connectivity index (χ0v) is 16.7. The van der Waals surface area contributed by atoms with E-state index in [-0.39, 0.29) is 5.91 Å². The molecule has 1 aliphatic carbocycles. The average molecular weight is 403 g/mol. The van der Waals surface area contributed by atoms with Crippen molar-refractivity contribution in [1.82, 2.24) is 19.7 Å². The maximum absolute atomic E-state index is 12.0. The van der Waals surface area contributed by atoms with Crippen LogP contribution in [-0.2, 0) is 9.53 Å². The van der Waals surface area contributed by atoms with E-state index in [1.165, 1.54) is 24.8 Å². The highest BCUT2D eigenvalue weighted by molar-refractivity contribution is 5.88. The molecule has 1 saturated carbocycles. The van der Waals surface area contributed by atoms with E-state index in [9.17, 15) is 9.59 Å². The molecule has 0 saturated heterocycles. The van der Waals surface area contributed by atoms with E-state index in [2.05, 4.69) is 25.1 Å². The number of aromatic nitrogens is 4. The molecule has 0 atom stereocenters. The van der Waals surface area contributed by atoms with Gasteiger partial charge in [0.1, 0.15) is 5.82 Å². The van der Waals surface area contributed by atoms with Gasteiger partial charge in [-0.1, -0.05) is 30.3 Å². The third-order valence-electron chi connectivity index (χ3n) is 4.73. The summed E-state index contributed by atoms with van der Waals surface area (Å²) in [6, 6.07) is 11.4. The van der Waals surface area contributed by atoms with Crippen molar-refractivity contribution >= 4 is 29.6 Å². The van der Waals surface area contributed by atoms with Crippen molar-refractivity contribution in [3.63, 3.8) is 0 Å². The second kappa shape index (κ2) is 8.28. The summed E-state index contributed by atoms with van der Waals surface area (Å²) >= 11 is 0. The van der Waals surface area contributed by atoms with Gasteiger partial charge in [-0.15, -0.1) is 5.10 Å². The second-order valence-electron chi connectivity index (χ2n) is 7.00. The first-order chi connectivity index (χ1) is 14.5. The Morgan fingerprint density at radius 3 is 2.67 bits per heavy atom. The second-order valence-corrected chi connectivity index (χ2v) is 7.00. The molecule has 152 valence electrons. The molecule has 1 fully saturated rings. The van der Waals surface area contributed by atoms with Gasteiger partial charge in [-0.05, 0) is 18.9 Å². The van der Waals surface area contributed by atoms with Gasteiger partial charge in [0.15, 0.2) is 11.6 Å². The number of hydrogen-bond donors (Lipinski definition) is 1. The Labute approximate surface area is 173 Å². The number of methoxy groups -OCH3 is 1. The van der Waals surface area contributed by atoms with Crippen molar-refractivity contribution in [2.75, 3.05) is 12.4 Å². The van der Waals surface area contributed by atoms with E-state index >= 15 is 0 Å². The Morgan fingerprint density at radius 2 is 2.00 bits per heavy atom. The minimum atomic E-state index is -0.482. The van der Waals surface area contributed by atoms with Crippen LogP contribution in [-0.4, -0.2) is 38.7 Å². The lowest BCUT2D eigenvalue weighted by atomic mass is 10.2. The molecular weight excluding hydrogens is 382 g/mol. The molecule has 3 aromatic rings. The lowest BCUT2D eigenvalue weighted by Crippen LogP contribution is -2.11. The Morgan fingerprint density at radius 1 is 1.23 bits per heavy atom. The van der Waals surface area contributed by atoms with Crippen LogP contribution in [0.5, 0.6) is 0 Å². The number of carbonyl (C=O) groups excluding carboxylic acids is 2. The summed E-state index contributed by atoms with van der Waals surface area (Å²) < 4.78 is 6.10. The van der Waals surface area contributed by atoms with Gasteiger partial charge < -0.3 is 10.1 Å². The highest BCUT2D eigenvalue weighted by atomic mass is 16.5. The molecule has 4 rings (SSSR count). The van der Waals surface area contributed by atoms with Gasteiger partial charge in [0, 0.05) is 42.3 Å². The monoisotopic (exact) mass is 403 g/mol. The maximum atomic E-state index is 12.0. The standard InChI is InChI=1S/C22H21N5O3/c1-14(28)27-18(15-8-9-15)12-19(26-27)24-22-17(10-11-20(29)30-2)13-23-21(25-22)16-6-4-3-5-7-16/h3-7,10-13,15H,8-9H2,1-2H3,(H,23,24,25,26). The molecule has 0 amide bonds. The molecule has 0 radical (unpaired) electrons. The summed E-state index contributed by atoms with van der Waals surface area (Å²) in [7, 11) is 1.31. The maximum Gasteiger partial charge on any atom is 0.330 e. The molecule has 0 spiro atoms. The SMILES string of the molecule is COC(=O)C=Cc1cnc(-c2ccccc2)nc1Nc1cc(C2CC2)n(C(C)=O)n1. The number of nitrogens with zero attached hydrogens (tertiary/aromatic N) is 4. The summed E-state index contributed by atoms with van der Waals surface area (Å²) in [5.41, 5.74) is 2.34. The van der Waals surface area contributed by atoms with Gasteiger partial charge in [0.25, 0.3) is 0 Å². The molecule has 1 aromatic carbocycles. The quantitative estimate of drug-likeness (QED) is 0.493. The lowest BCUT2D eigenvalue weighted by molar-refractivity contribution is -0.134. The minimum Gasteiger partial charge on any atom is -0.466 e. The van der Waals surface area contributed by atoms with Crippen molar-refractivity contribution in [1.29, 1.82) is 0 Å². The van der Waals surface area contributed by atoms with Crippen molar-refractivity contribution in [3.05, 3.63) is 59.9 Å². The molecule has 2 aromatic heterocycles. The van der Waals surface area contributed by atoms with Crippen LogP contribution in [0.15, 0.2) is 48.7 Å². The van der Waals surface area contributed by atoms with Crippen LogP contribution >= 0.6 is 0 Å². The van der Waals surface area contributed by atoms with Crippen LogP contribution in [0.2, 0.25) is 0 Å². The smallest absolute Gasteiger partial charge is 0.330 e. The minimum absolute atomic E-state index is 0.136. The van der Waals surface area contributed by atoms with Crippen LogP contribution in [0.4, 0.5) is 11.6 Å². The predicted molar refractivity (Wildman–Crippen MR) is 112 cm³/mol. The van der Waals surface area contributed by atoms with E-state index < -0.39 is 5.97 Å². The Kier molecular flexibility index (Phi) is 5.38. The number of benzene rings is 1. The van der Waals surface area contributed by atoms with Crippen LogP contribution in [0, 0.1) is 0 Å². The van der Waals surface area contributed by atoms with Crippen molar-refractivity contribution < 1.29 is 14.3 Å². The summed E-state index contributed by atoms with van der Waals surface area (Å²) in [5.74, 6) is 1.26. The number of rotatable bonds is 6. The Balaban J connectivity index is 1.72. The topological polar surface area (TPSA) is 99.0 Å². The molecule has 2 heterocycles.